The second-order valence-electron chi connectivity index (χ2n) is 8.81. The van der Waals surface area contributed by atoms with Crippen LogP contribution in [0.3, 0.4) is 0 Å². The van der Waals surface area contributed by atoms with Crippen LogP contribution in [0.25, 0.3) is 0 Å². The Balaban J connectivity index is 1.52. The van der Waals surface area contributed by atoms with E-state index < -0.39 is 0 Å². The summed E-state index contributed by atoms with van der Waals surface area (Å²) in [5, 5.41) is 0. The Morgan fingerprint density at radius 2 is 1.88 bits per heavy atom. The zero-order valence-electron chi connectivity index (χ0n) is 15.2. The van der Waals surface area contributed by atoms with Gasteiger partial charge in [0.2, 0.25) is 5.91 Å². The minimum absolute atomic E-state index is 0.0790. The van der Waals surface area contributed by atoms with E-state index in [0.29, 0.717) is 17.9 Å². The molecule has 4 saturated heterocycles. The largest absolute Gasteiger partial charge is 0.339 e. The van der Waals surface area contributed by atoms with Gasteiger partial charge in [-0.3, -0.25) is 9.69 Å². The molecule has 0 saturated carbocycles. The molecule has 1 amide bonds. The summed E-state index contributed by atoms with van der Waals surface area (Å²) in [5.74, 6) is 1.43. The van der Waals surface area contributed by atoms with E-state index >= 15 is 0 Å². The molecule has 0 spiro atoms. The number of hydrogen-bond acceptors (Lipinski definition) is 2. The lowest BCUT2D eigenvalue weighted by molar-refractivity contribution is -0.171. The first-order chi connectivity index (χ1) is 12.3. The van der Waals surface area contributed by atoms with Gasteiger partial charge in [-0.05, 0) is 63.0 Å². The van der Waals surface area contributed by atoms with Gasteiger partial charge in [0.05, 0.1) is 5.92 Å². The molecule has 0 aromatic heterocycles. The molecule has 4 atom stereocenters. The second-order valence-corrected chi connectivity index (χ2v) is 8.81. The molecule has 25 heavy (non-hydrogen) atoms. The number of rotatable bonds is 2. The third kappa shape index (κ3) is 2.46. The minimum Gasteiger partial charge on any atom is -0.339 e. The molecule has 2 bridgehead atoms. The van der Waals surface area contributed by atoms with Crippen LogP contribution in [-0.4, -0.2) is 46.9 Å². The van der Waals surface area contributed by atoms with Crippen LogP contribution in [0, 0.1) is 11.8 Å². The van der Waals surface area contributed by atoms with Gasteiger partial charge in [-0.15, -0.1) is 0 Å². The van der Waals surface area contributed by atoms with E-state index in [2.05, 4.69) is 40.1 Å². The third-order valence-electron chi connectivity index (χ3n) is 7.59. The van der Waals surface area contributed by atoms with Crippen molar-refractivity contribution in [2.45, 2.75) is 62.9 Å². The number of hydrogen-bond donors (Lipinski definition) is 0. The van der Waals surface area contributed by atoms with Crippen molar-refractivity contribution >= 4 is 5.91 Å². The average Bonchev–Trinajstić information content (AvgIpc) is 2.67. The van der Waals surface area contributed by atoms with Crippen molar-refractivity contribution < 1.29 is 4.79 Å². The van der Waals surface area contributed by atoms with Gasteiger partial charge in [0.1, 0.15) is 0 Å². The molecule has 1 aromatic rings. The van der Waals surface area contributed by atoms with Crippen LogP contribution < -0.4 is 0 Å². The smallest absolute Gasteiger partial charge is 0.227 e. The van der Waals surface area contributed by atoms with Gasteiger partial charge in [0.15, 0.2) is 0 Å². The van der Waals surface area contributed by atoms with Crippen LogP contribution in [0.4, 0.5) is 0 Å². The molecular weight excluding hydrogens is 308 g/mol. The van der Waals surface area contributed by atoms with Crippen molar-refractivity contribution in [3.8, 4) is 0 Å². The fourth-order valence-corrected chi connectivity index (χ4v) is 6.47. The molecule has 134 valence electrons. The molecule has 0 unspecified atom stereocenters. The lowest BCUT2D eigenvalue weighted by atomic mass is 9.61. The van der Waals surface area contributed by atoms with E-state index in [0.717, 1.165) is 19.4 Å². The van der Waals surface area contributed by atoms with Gasteiger partial charge >= 0.3 is 0 Å². The predicted octanol–water partition coefficient (Wildman–Crippen LogP) is 3.48. The Kier molecular flexibility index (Phi) is 3.89. The van der Waals surface area contributed by atoms with Crippen LogP contribution in [0.2, 0.25) is 0 Å². The number of carbonyl (C=O) groups is 1. The van der Waals surface area contributed by atoms with Gasteiger partial charge in [0.25, 0.3) is 0 Å². The van der Waals surface area contributed by atoms with Crippen LogP contribution in [0.15, 0.2) is 30.3 Å². The summed E-state index contributed by atoms with van der Waals surface area (Å²) in [4.78, 5) is 18.6. The molecule has 4 fully saturated rings. The van der Waals surface area contributed by atoms with E-state index in [1.807, 2.05) is 0 Å². The van der Waals surface area contributed by atoms with Crippen LogP contribution >= 0.6 is 0 Å². The van der Waals surface area contributed by atoms with E-state index in [-0.39, 0.29) is 11.5 Å². The van der Waals surface area contributed by atoms with Gasteiger partial charge in [-0.2, -0.15) is 0 Å². The summed E-state index contributed by atoms with van der Waals surface area (Å²) in [5.41, 5.74) is 1.48. The highest BCUT2D eigenvalue weighted by Crippen LogP contribution is 2.50. The average molecular weight is 338 g/mol. The summed E-state index contributed by atoms with van der Waals surface area (Å²) in [6, 6.07) is 11.4. The minimum atomic E-state index is 0.0790. The number of piperidine rings is 4. The normalized spacial score (nSPS) is 38.2. The molecule has 4 aliphatic rings. The molecule has 3 nitrogen and oxygen atoms in total. The summed E-state index contributed by atoms with van der Waals surface area (Å²) in [6.07, 6.45) is 9.73. The Labute approximate surface area is 151 Å². The highest BCUT2D eigenvalue weighted by Gasteiger charge is 2.58. The lowest BCUT2D eigenvalue weighted by Crippen LogP contribution is -2.71. The first kappa shape index (κ1) is 15.9. The zero-order valence-corrected chi connectivity index (χ0v) is 15.2. The maximum absolute atomic E-state index is 13.5. The summed E-state index contributed by atoms with van der Waals surface area (Å²) in [6.45, 7) is 3.43. The molecule has 3 heteroatoms. The lowest BCUT2D eigenvalue weighted by Gasteiger charge is -2.62. The zero-order chi connectivity index (χ0) is 16.9. The quantitative estimate of drug-likeness (QED) is 0.824. The van der Waals surface area contributed by atoms with Gasteiger partial charge in [-0.25, -0.2) is 0 Å². The van der Waals surface area contributed by atoms with Crippen LogP contribution in [0.5, 0.6) is 0 Å². The molecule has 0 N–H and O–H groups in total. The monoisotopic (exact) mass is 338 g/mol. The topological polar surface area (TPSA) is 23.6 Å². The van der Waals surface area contributed by atoms with Gasteiger partial charge in [0, 0.05) is 24.7 Å². The highest BCUT2D eigenvalue weighted by molar-refractivity contribution is 5.82. The number of benzene rings is 1. The van der Waals surface area contributed by atoms with Crippen LogP contribution in [-0.2, 0) is 11.2 Å². The standard InChI is InChI=1S/C22H30N2O/c25-21-19-14-18(20-10-4-6-13-24(20)21)16-23-12-7-5-11-22(19,23)15-17-8-2-1-3-9-17/h1-3,8-9,18-20H,4-7,10-16H2/t18-,19-,20-,22-/m0/s1. The Morgan fingerprint density at radius 3 is 2.76 bits per heavy atom. The highest BCUT2D eigenvalue weighted by atomic mass is 16.2. The fraction of sp³-hybridized carbons (Fsp3) is 0.682. The van der Waals surface area contributed by atoms with Gasteiger partial charge < -0.3 is 4.90 Å². The molecule has 4 heterocycles. The Hall–Kier alpha value is -1.35. The van der Waals surface area contributed by atoms with Crippen molar-refractivity contribution in [1.82, 2.24) is 9.80 Å². The first-order valence-electron chi connectivity index (χ1n) is 10.4. The van der Waals surface area contributed by atoms with E-state index in [4.69, 9.17) is 0 Å². The maximum Gasteiger partial charge on any atom is 0.227 e. The van der Waals surface area contributed by atoms with Crippen molar-refractivity contribution in [1.29, 1.82) is 0 Å². The molecule has 0 aliphatic carbocycles. The Morgan fingerprint density at radius 1 is 1.04 bits per heavy atom. The van der Waals surface area contributed by atoms with E-state index in [1.165, 1.54) is 57.2 Å². The van der Waals surface area contributed by atoms with E-state index in [9.17, 15) is 4.79 Å². The number of nitrogens with zero attached hydrogens (tertiary/aromatic N) is 2. The molecule has 4 aliphatic heterocycles. The van der Waals surface area contributed by atoms with Gasteiger partial charge in [-0.1, -0.05) is 36.8 Å². The number of amides is 1. The summed E-state index contributed by atoms with van der Waals surface area (Å²) < 4.78 is 0. The fourth-order valence-electron chi connectivity index (χ4n) is 6.47. The van der Waals surface area contributed by atoms with Crippen molar-refractivity contribution in [3.05, 3.63) is 35.9 Å². The predicted molar refractivity (Wildman–Crippen MR) is 99.3 cm³/mol. The number of carbonyl (C=O) groups excluding carboxylic acids is 1. The summed E-state index contributed by atoms with van der Waals surface area (Å²) in [7, 11) is 0. The number of fused-ring (bicyclic) bond motifs is 6. The molecule has 1 aromatic carbocycles. The molecular formula is C22H30N2O. The Bertz CT molecular complexity index is 645. The van der Waals surface area contributed by atoms with Crippen molar-refractivity contribution in [2.75, 3.05) is 19.6 Å². The molecule has 5 rings (SSSR count). The van der Waals surface area contributed by atoms with Crippen molar-refractivity contribution in [3.63, 3.8) is 0 Å². The van der Waals surface area contributed by atoms with Crippen molar-refractivity contribution in [2.24, 2.45) is 11.8 Å². The maximum atomic E-state index is 13.5. The molecule has 0 radical (unpaired) electrons. The third-order valence-corrected chi connectivity index (χ3v) is 7.59. The van der Waals surface area contributed by atoms with Crippen LogP contribution in [0.1, 0.15) is 50.5 Å². The first-order valence-corrected chi connectivity index (χ1v) is 10.4. The SMILES string of the molecule is O=C1[C@@H]2C[C@@H](CN3CCCC[C@]23Cc2ccccc2)[C@@H]2CCCCN12. The second kappa shape index (κ2) is 6.12. The summed E-state index contributed by atoms with van der Waals surface area (Å²) >= 11 is 0. The van der Waals surface area contributed by atoms with E-state index in [1.54, 1.807) is 0 Å².